The van der Waals surface area contributed by atoms with Crippen molar-refractivity contribution in [2.45, 2.75) is 31.2 Å². The number of anilines is 1. The highest BCUT2D eigenvalue weighted by Crippen LogP contribution is 2.23. The van der Waals surface area contributed by atoms with Gasteiger partial charge in [0.1, 0.15) is 0 Å². The van der Waals surface area contributed by atoms with Crippen molar-refractivity contribution in [3.05, 3.63) is 40.3 Å². The minimum atomic E-state index is -0.394. The van der Waals surface area contributed by atoms with Gasteiger partial charge < -0.3 is 5.32 Å². The van der Waals surface area contributed by atoms with E-state index in [0.717, 1.165) is 0 Å². The Balaban J connectivity index is 2.05. The van der Waals surface area contributed by atoms with E-state index in [9.17, 15) is 14.4 Å². The Labute approximate surface area is 143 Å². The van der Waals surface area contributed by atoms with Gasteiger partial charge in [-0.1, -0.05) is 25.6 Å². The normalized spacial score (nSPS) is 12.2. The van der Waals surface area contributed by atoms with Crippen LogP contribution in [0.25, 0.3) is 0 Å². The van der Waals surface area contributed by atoms with Crippen LogP contribution in [-0.4, -0.2) is 31.7 Å². The van der Waals surface area contributed by atoms with Crippen LogP contribution in [0, 0.1) is 5.92 Å². The van der Waals surface area contributed by atoms with Crippen molar-refractivity contribution in [2.24, 2.45) is 13.0 Å². The summed E-state index contributed by atoms with van der Waals surface area (Å²) < 4.78 is 1.36. The van der Waals surface area contributed by atoms with Crippen molar-refractivity contribution >= 4 is 29.1 Å². The van der Waals surface area contributed by atoms with Gasteiger partial charge in [0.15, 0.2) is 10.9 Å². The number of amides is 1. The van der Waals surface area contributed by atoms with Gasteiger partial charge >= 0.3 is 5.69 Å². The molecule has 1 amide bonds. The van der Waals surface area contributed by atoms with Crippen LogP contribution in [0.1, 0.15) is 31.1 Å². The Kier molecular flexibility index (Phi) is 5.61. The molecular weight excluding hydrogens is 328 g/mol. The molecule has 1 aromatic heterocycles. The van der Waals surface area contributed by atoms with Crippen molar-refractivity contribution < 1.29 is 9.59 Å². The van der Waals surface area contributed by atoms with E-state index in [2.05, 4.69) is 15.5 Å². The molecule has 0 radical (unpaired) electrons. The van der Waals surface area contributed by atoms with Crippen molar-refractivity contribution in [3.63, 3.8) is 0 Å². The lowest BCUT2D eigenvalue weighted by atomic mass is 10.1. The largest absolute Gasteiger partial charge is 0.343 e. The van der Waals surface area contributed by atoms with Gasteiger partial charge in [0.05, 0.1) is 5.25 Å². The van der Waals surface area contributed by atoms with Crippen LogP contribution >= 0.6 is 11.8 Å². The number of nitrogens with zero attached hydrogens (tertiary/aromatic N) is 2. The van der Waals surface area contributed by atoms with Crippen LogP contribution in [0.15, 0.2) is 34.2 Å². The summed E-state index contributed by atoms with van der Waals surface area (Å²) in [6, 6.07) is 6.77. The van der Waals surface area contributed by atoms with Crippen LogP contribution in [-0.2, 0) is 11.8 Å². The van der Waals surface area contributed by atoms with Gasteiger partial charge in [0, 0.05) is 24.2 Å². The lowest BCUT2D eigenvalue weighted by Crippen LogP contribution is -2.18. The quantitative estimate of drug-likeness (QED) is 0.615. The molecule has 2 aromatic rings. The number of ketones is 1. The lowest BCUT2D eigenvalue weighted by molar-refractivity contribution is -0.118. The van der Waals surface area contributed by atoms with Crippen molar-refractivity contribution in [2.75, 3.05) is 5.32 Å². The molecule has 2 N–H and O–H groups in total. The smallest absolute Gasteiger partial charge is 0.326 e. The third-order valence-electron chi connectivity index (χ3n) is 3.45. The first-order chi connectivity index (χ1) is 11.3. The standard InChI is InChI=1S/C16H20N4O3S/c1-9(2)14(22)17-12-7-5-11(6-8-12)13(21)10(3)24-16-19-18-15(23)20(16)4/h5-10H,1-4H3,(H,17,22)(H,18,23). The number of aromatic amines is 1. The van der Waals surface area contributed by atoms with E-state index >= 15 is 0 Å². The number of carbonyl (C=O) groups excluding carboxylic acids is 2. The molecule has 128 valence electrons. The molecule has 1 atom stereocenters. The van der Waals surface area contributed by atoms with E-state index in [-0.39, 0.29) is 23.3 Å². The molecule has 0 bridgehead atoms. The number of Topliss-reactive ketones (excluding diaryl/α,β-unsaturated/α-hetero) is 1. The van der Waals surface area contributed by atoms with E-state index < -0.39 is 5.25 Å². The molecule has 0 aliphatic carbocycles. The third kappa shape index (κ3) is 4.14. The number of nitrogens with one attached hydrogen (secondary N) is 2. The summed E-state index contributed by atoms with van der Waals surface area (Å²) in [6.07, 6.45) is 0. The minimum Gasteiger partial charge on any atom is -0.326 e. The van der Waals surface area contributed by atoms with Crippen LogP contribution in [0.2, 0.25) is 0 Å². The summed E-state index contributed by atoms with van der Waals surface area (Å²) in [7, 11) is 1.59. The Morgan fingerprint density at radius 1 is 1.21 bits per heavy atom. The van der Waals surface area contributed by atoms with Gasteiger partial charge in [0.2, 0.25) is 5.91 Å². The van der Waals surface area contributed by atoms with Crippen molar-refractivity contribution in [1.29, 1.82) is 0 Å². The number of rotatable bonds is 6. The third-order valence-corrected chi connectivity index (χ3v) is 4.60. The number of aromatic nitrogens is 3. The average molecular weight is 348 g/mol. The highest BCUT2D eigenvalue weighted by Gasteiger charge is 2.19. The molecule has 2 rings (SSSR count). The molecule has 8 heteroatoms. The molecule has 0 aliphatic heterocycles. The van der Waals surface area contributed by atoms with Gasteiger partial charge in [-0.3, -0.25) is 14.2 Å². The zero-order chi connectivity index (χ0) is 17.9. The number of carbonyl (C=O) groups is 2. The topological polar surface area (TPSA) is 96.8 Å². The molecule has 24 heavy (non-hydrogen) atoms. The second-order valence-corrected chi connectivity index (χ2v) is 7.02. The van der Waals surface area contributed by atoms with Crippen molar-refractivity contribution in [3.8, 4) is 0 Å². The maximum atomic E-state index is 12.5. The monoisotopic (exact) mass is 348 g/mol. The molecule has 0 fully saturated rings. The summed E-state index contributed by atoms with van der Waals surface area (Å²) in [4.78, 5) is 35.5. The van der Waals surface area contributed by atoms with Crippen molar-refractivity contribution in [1.82, 2.24) is 14.8 Å². The summed E-state index contributed by atoms with van der Waals surface area (Å²) in [5.74, 6) is -0.252. The predicted octanol–water partition coefficient (Wildman–Crippen LogP) is 2.07. The number of hydrogen-bond donors (Lipinski definition) is 2. The molecule has 7 nitrogen and oxygen atoms in total. The molecule has 0 saturated heterocycles. The number of thioether (sulfide) groups is 1. The number of H-pyrrole nitrogens is 1. The van der Waals surface area contributed by atoms with Gasteiger partial charge in [-0.05, 0) is 31.2 Å². The van der Waals surface area contributed by atoms with Gasteiger partial charge in [-0.2, -0.15) is 0 Å². The zero-order valence-electron chi connectivity index (χ0n) is 14.0. The Bertz CT molecular complexity index is 792. The fourth-order valence-corrected chi connectivity index (χ4v) is 2.79. The number of benzene rings is 1. The molecule has 1 heterocycles. The zero-order valence-corrected chi connectivity index (χ0v) is 14.8. The minimum absolute atomic E-state index is 0.0718. The highest BCUT2D eigenvalue weighted by atomic mass is 32.2. The molecular formula is C16H20N4O3S. The first-order valence-corrected chi connectivity index (χ1v) is 8.40. The first kappa shape index (κ1) is 18.0. The summed E-state index contributed by atoms with van der Waals surface area (Å²) in [5.41, 5.74) is 0.876. The van der Waals surface area contributed by atoms with Gasteiger partial charge in [-0.15, -0.1) is 5.10 Å². The maximum absolute atomic E-state index is 12.5. The van der Waals surface area contributed by atoms with Crippen LogP contribution in [0.4, 0.5) is 5.69 Å². The Morgan fingerprint density at radius 3 is 2.33 bits per heavy atom. The molecule has 1 unspecified atom stereocenters. The summed E-state index contributed by atoms with van der Waals surface area (Å²) >= 11 is 1.21. The van der Waals surface area contributed by atoms with E-state index in [1.807, 2.05) is 13.8 Å². The fourth-order valence-electron chi connectivity index (χ4n) is 1.89. The highest BCUT2D eigenvalue weighted by molar-refractivity contribution is 8.00. The second-order valence-electron chi connectivity index (χ2n) is 5.72. The predicted molar refractivity (Wildman–Crippen MR) is 93.4 cm³/mol. The van der Waals surface area contributed by atoms with Crippen LogP contribution < -0.4 is 11.0 Å². The SMILES string of the molecule is CC(C)C(=O)Nc1ccc(C(=O)C(C)Sc2n[nH]c(=O)n2C)cc1. The van der Waals surface area contributed by atoms with E-state index in [1.54, 1.807) is 38.2 Å². The Morgan fingerprint density at radius 2 is 1.83 bits per heavy atom. The molecule has 1 aromatic carbocycles. The van der Waals surface area contributed by atoms with E-state index in [0.29, 0.717) is 16.4 Å². The van der Waals surface area contributed by atoms with Crippen LogP contribution in [0.3, 0.4) is 0 Å². The Hall–Kier alpha value is -2.35. The van der Waals surface area contributed by atoms with Gasteiger partial charge in [0.25, 0.3) is 0 Å². The summed E-state index contributed by atoms with van der Waals surface area (Å²) in [6.45, 7) is 5.39. The second kappa shape index (κ2) is 7.48. The average Bonchev–Trinajstić information content (AvgIpc) is 2.86. The van der Waals surface area contributed by atoms with E-state index in [1.165, 1.54) is 16.3 Å². The lowest BCUT2D eigenvalue weighted by Gasteiger charge is -2.11. The number of hydrogen-bond acceptors (Lipinski definition) is 5. The fraction of sp³-hybridized carbons (Fsp3) is 0.375. The maximum Gasteiger partial charge on any atom is 0.343 e. The van der Waals surface area contributed by atoms with Crippen LogP contribution in [0.5, 0.6) is 0 Å². The summed E-state index contributed by atoms with van der Waals surface area (Å²) in [5, 5.41) is 9.07. The first-order valence-electron chi connectivity index (χ1n) is 7.52. The molecule has 0 spiro atoms. The molecule has 0 aliphatic rings. The molecule has 0 saturated carbocycles. The van der Waals surface area contributed by atoms with E-state index in [4.69, 9.17) is 0 Å². The van der Waals surface area contributed by atoms with Gasteiger partial charge in [-0.25, -0.2) is 9.89 Å².